The van der Waals surface area contributed by atoms with Crippen LogP contribution in [0.1, 0.15) is 36.3 Å². The fraction of sp³-hybridized carbons (Fsp3) is 0.357. The Kier molecular flexibility index (Phi) is 4.28. The van der Waals surface area contributed by atoms with Gasteiger partial charge in [-0.15, -0.1) is 0 Å². The first kappa shape index (κ1) is 13.3. The van der Waals surface area contributed by atoms with Gasteiger partial charge in [-0.2, -0.15) is 5.10 Å². The summed E-state index contributed by atoms with van der Waals surface area (Å²) in [6.07, 6.45) is 4.68. The lowest BCUT2D eigenvalue weighted by Crippen LogP contribution is -2.27. The zero-order valence-corrected chi connectivity index (χ0v) is 11.2. The van der Waals surface area contributed by atoms with Crippen LogP contribution in [0.2, 0.25) is 0 Å². The Balaban J connectivity index is 1.84. The molecule has 0 saturated heterocycles. The molecule has 0 spiro atoms. The number of H-pyrrole nitrogens is 1. The van der Waals surface area contributed by atoms with E-state index in [-0.39, 0.29) is 11.9 Å². The summed E-state index contributed by atoms with van der Waals surface area (Å²) in [6, 6.07) is 5.74. The van der Waals surface area contributed by atoms with Crippen molar-refractivity contribution in [3.8, 4) is 0 Å². The van der Waals surface area contributed by atoms with Gasteiger partial charge in [-0.25, -0.2) is 0 Å². The Morgan fingerprint density at radius 3 is 3.00 bits per heavy atom. The minimum atomic E-state index is -0.0725. The van der Waals surface area contributed by atoms with Gasteiger partial charge in [0.05, 0.1) is 17.9 Å². The molecule has 1 atom stereocenters. The van der Waals surface area contributed by atoms with Crippen LogP contribution in [-0.4, -0.2) is 21.1 Å². The number of carbonyl (C=O) groups excluding carboxylic acids is 1. The summed E-state index contributed by atoms with van der Waals surface area (Å²) in [5.74, 6) is 0.0250. The van der Waals surface area contributed by atoms with Crippen LogP contribution >= 0.6 is 0 Å². The Bertz CT molecular complexity index is 536. The molecule has 5 heteroatoms. The van der Waals surface area contributed by atoms with E-state index in [9.17, 15) is 4.79 Å². The van der Waals surface area contributed by atoms with E-state index in [1.807, 2.05) is 32.0 Å². The summed E-state index contributed by atoms with van der Waals surface area (Å²) in [5, 5.41) is 9.54. The Morgan fingerprint density at radius 1 is 1.47 bits per heavy atom. The molecule has 100 valence electrons. The summed E-state index contributed by atoms with van der Waals surface area (Å²) in [4.78, 5) is 16.2. The molecular weight excluding hydrogens is 240 g/mol. The lowest BCUT2D eigenvalue weighted by atomic mass is 10.1. The topological polar surface area (TPSA) is 70.7 Å². The highest BCUT2D eigenvalue weighted by Gasteiger charge is 2.10. The molecule has 2 aromatic rings. The molecule has 2 N–H and O–H groups in total. The molecule has 0 radical (unpaired) electrons. The van der Waals surface area contributed by atoms with Crippen molar-refractivity contribution in [2.45, 2.75) is 32.7 Å². The highest BCUT2D eigenvalue weighted by Crippen LogP contribution is 2.10. The van der Waals surface area contributed by atoms with Crippen LogP contribution in [-0.2, 0) is 11.2 Å². The van der Waals surface area contributed by atoms with Crippen molar-refractivity contribution in [1.29, 1.82) is 0 Å². The molecule has 19 heavy (non-hydrogen) atoms. The van der Waals surface area contributed by atoms with Crippen LogP contribution in [0.4, 0.5) is 0 Å². The molecule has 2 heterocycles. The fourth-order valence-electron chi connectivity index (χ4n) is 1.87. The van der Waals surface area contributed by atoms with Crippen LogP contribution in [0.3, 0.4) is 0 Å². The van der Waals surface area contributed by atoms with Crippen molar-refractivity contribution in [2.75, 3.05) is 0 Å². The first-order chi connectivity index (χ1) is 9.15. The number of aromatic nitrogens is 3. The molecular formula is C14H18N4O. The monoisotopic (exact) mass is 258 g/mol. The standard InChI is InChI=1S/C14H18N4O/c1-10-4-3-5-13(17-10)11(2)18-14(19)7-6-12-8-15-16-9-12/h3-5,8-9,11H,6-7H2,1-2H3,(H,15,16)(H,18,19)/t11-/m1/s1. The summed E-state index contributed by atoms with van der Waals surface area (Å²) in [7, 11) is 0. The third kappa shape index (κ3) is 3.91. The van der Waals surface area contributed by atoms with Gasteiger partial charge in [0.25, 0.3) is 0 Å². The number of nitrogens with zero attached hydrogens (tertiary/aromatic N) is 2. The number of carbonyl (C=O) groups is 1. The number of aromatic amines is 1. The number of pyridine rings is 1. The second kappa shape index (κ2) is 6.13. The molecule has 0 aromatic carbocycles. The Hall–Kier alpha value is -2.17. The van der Waals surface area contributed by atoms with Gasteiger partial charge in [0.1, 0.15) is 0 Å². The van der Waals surface area contributed by atoms with E-state index in [0.29, 0.717) is 12.8 Å². The molecule has 2 rings (SSSR count). The van der Waals surface area contributed by atoms with Crippen molar-refractivity contribution in [2.24, 2.45) is 0 Å². The van der Waals surface area contributed by atoms with Crippen molar-refractivity contribution in [3.63, 3.8) is 0 Å². The molecule has 2 aromatic heterocycles. The second-order valence-electron chi connectivity index (χ2n) is 4.60. The van der Waals surface area contributed by atoms with E-state index in [0.717, 1.165) is 17.0 Å². The highest BCUT2D eigenvalue weighted by molar-refractivity contribution is 5.76. The smallest absolute Gasteiger partial charge is 0.220 e. The van der Waals surface area contributed by atoms with Crippen molar-refractivity contribution < 1.29 is 4.79 Å². The zero-order chi connectivity index (χ0) is 13.7. The molecule has 5 nitrogen and oxygen atoms in total. The van der Waals surface area contributed by atoms with Crippen molar-refractivity contribution >= 4 is 5.91 Å². The first-order valence-electron chi connectivity index (χ1n) is 6.35. The lowest BCUT2D eigenvalue weighted by Gasteiger charge is -2.13. The molecule has 0 aliphatic carbocycles. The maximum Gasteiger partial charge on any atom is 0.220 e. The predicted octanol–water partition coefficient (Wildman–Crippen LogP) is 1.92. The van der Waals surface area contributed by atoms with E-state index < -0.39 is 0 Å². The van der Waals surface area contributed by atoms with Gasteiger partial charge in [-0.05, 0) is 38.0 Å². The largest absolute Gasteiger partial charge is 0.348 e. The van der Waals surface area contributed by atoms with E-state index >= 15 is 0 Å². The lowest BCUT2D eigenvalue weighted by molar-refractivity contribution is -0.121. The quantitative estimate of drug-likeness (QED) is 0.860. The molecule has 0 aliphatic heterocycles. The van der Waals surface area contributed by atoms with Crippen molar-refractivity contribution in [3.05, 3.63) is 47.5 Å². The molecule has 0 aliphatic rings. The van der Waals surface area contributed by atoms with Crippen LogP contribution < -0.4 is 5.32 Å². The van der Waals surface area contributed by atoms with Crippen LogP contribution in [0.15, 0.2) is 30.6 Å². The van der Waals surface area contributed by atoms with Gasteiger partial charge in [0, 0.05) is 18.3 Å². The summed E-state index contributed by atoms with van der Waals surface area (Å²) < 4.78 is 0. The van der Waals surface area contributed by atoms with Gasteiger partial charge >= 0.3 is 0 Å². The van der Waals surface area contributed by atoms with Gasteiger partial charge in [-0.3, -0.25) is 14.9 Å². The number of hydrogen-bond acceptors (Lipinski definition) is 3. The van der Waals surface area contributed by atoms with Crippen molar-refractivity contribution in [1.82, 2.24) is 20.5 Å². The van der Waals surface area contributed by atoms with E-state index in [4.69, 9.17) is 0 Å². The van der Waals surface area contributed by atoms with Crippen LogP contribution in [0, 0.1) is 6.92 Å². The summed E-state index contributed by atoms with van der Waals surface area (Å²) >= 11 is 0. The molecule has 0 unspecified atom stereocenters. The van der Waals surface area contributed by atoms with Gasteiger partial charge in [-0.1, -0.05) is 6.07 Å². The highest BCUT2D eigenvalue weighted by atomic mass is 16.1. The molecule has 0 saturated carbocycles. The minimum Gasteiger partial charge on any atom is -0.348 e. The minimum absolute atomic E-state index is 0.0250. The summed E-state index contributed by atoms with van der Waals surface area (Å²) in [6.45, 7) is 3.88. The van der Waals surface area contributed by atoms with Crippen LogP contribution in [0.5, 0.6) is 0 Å². The van der Waals surface area contributed by atoms with Crippen LogP contribution in [0.25, 0.3) is 0 Å². The predicted molar refractivity (Wildman–Crippen MR) is 72.4 cm³/mol. The average Bonchev–Trinajstić information content (AvgIpc) is 2.89. The summed E-state index contributed by atoms with van der Waals surface area (Å²) in [5.41, 5.74) is 2.88. The van der Waals surface area contributed by atoms with Gasteiger partial charge in [0.2, 0.25) is 5.91 Å². The maximum absolute atomic E-state index is 11.8. The van der Waals surface area contributed by atoms with E-state index in [2.05, 4.69) is 20.5 Å². The molecule has 1 amide bonds. The van der Waals surface area contributed by atoms with E-state index in [1.54, 1.807) is 12.4 Å². The number of nitrogens with one attached hydrogen (secondary N) is 2. The normalized spacial score (nSPS) is 12.1. The number of rotatable bonds is 5. The first-order valence-corrected chi connectivity index (χ1v) is 6.35. The average molecular weight is 258 g/mol. The third-order valence-corrected chi connectivity index (χ3v) is 2.93. The Labute approximate surface area is 112 Å². The fourth-order valence-corrected chi connectivity index (χ4v) is 1.87. The maximum atomic E-state index is 11.8. The zero-order valence-electron chi connectivity index (χ0n) is 11.2. The Morgan fingerprint density at radius 2 is 2.32 bits per heavy atom. The number of aryl methyl sites for hydroxylation is 2. The second-order valence-corrected chi connectivity index (χ2v) is 4.60. The van der Waals surface area contributed by atoms with E-state index in [1.165, 1.54) is 0 Å². The number of amides is 1. The van der Waals surface area contributed by atoms with Gasteiger partial charge in [0.15, 0.2) is 0 Å². The molecule has 0 fully saturated rings. The van der Waals surface area contributed by atoms with Gasteiger partial charge < -0.3 is 5.32 Å². The SMILES string of the molecule is Cc1cccc([C@@H](C)NC(=O)CCc2cn[nH]c2)n1. The molecule has 0 bridgehead atoms. The number of hydrogen-bond donors (Lipinski definition) is 2. The third-order valence-electron chi connectivity index (χ3n) is 2.93.